The van der Waals surface area contributed by atoms with Crippen molar-refractivity contribution in [1.82, 2.24) is 15.0 Å². The van der Waals surface area contributed by atoms with Gasteiger partial charge in [-0.05, 0) is 23.9 Å². The zero-order valence-corrected chi connectivity index (χ0v) is 9.66. The third-order valence-corrected chi connectivity index (χ3v) is 3.02. The summed E-state index contributed by atoms with van der Waals surface area (Å²) in [6.45, 7) is 0. The van der Waals surface area contributed by atoms with E-state index in [0.717, 1.165) is 0 Å². The Kier molecular flexibility index (Phi) is 3.12. The Morgan fingerprint density at radius 1 is 1.25 bits per heavy atom. The number of pyridine rings is 1. The Morgan fingerprint density at radius 2 is 2.06 bits per heavy atom. The molecule has 0 saturated carbocycles. The third-order valence-electron chi connectivity index (χ3n) is 1.67. The minimum absolute atomic E-state index is 0.134. The predicted molar refractivity (Wildman–Crippen MR) is 64.2 cm³/mol. The number of nitrogens with two attached hydrogens (primary N) is 2. The Morgan fingerprint density at radius 3 is 2.75 bits per heavy atom. The smallest absolute Gasteiger partial charge is 0.223 e. The highest BCUT2D eigenvalue weighted by Gasteiger charge is 2.06. The van der Waals surface area contributed by atoms with E-state index in [1.807, 2.05) is 0 Å². The summed E-state index contributed by atoms with van der Waals surface area (Å²) in [4.78, 5) is 11.9. The van der Waals surface area contributed by atoms with Crippen molar-refractivity contribution in [3.63, 3.8) is 0 Å². The van der Waals surface area contributed by atoms with Crippen LogP contribution in [0, 0.1) is 0 Å². The van der Waals surface area contributed by atoms with E-state index in [0.29, 0.717) is 20.9 Å². The van der Waals surface area contributed by atoms with Crippen molar-refractivity contribution in [3.05, 3.63) is 29.4 Å². The maximum Gasteiger partial charge on any atom is 0.223 e. The van der Waals surface area contributed by atoms with Crippen molar-refractivity contribution < 1.29 is 0 Å². The van der Waals surface area contributed by atoms with Crippen LogP contribution in [0.4, 0.5) is 11.8 Å². The quantitative estimate of drug-likeness (QED) is 0.794. The molecule has 7 heteroatoms. The van der Waals surface area contributed by atoms with Crippen LogP contribution < -0.4 is 11.5 Å². The first-order chi connectivity index (χ1) is 7.65. The summed E-state index contributed by atoms with van der Waals surface area (Å²) in [5, 5.41) is 1.83. The Labute approximate surface area is 101 Å². The first kappa shape index (κ1) is 11.0. The monoisotopic (exact) mass is 253 g/mol. The molecule has 0 aliphatic rings. The van der Waals surface area contributed by atoms with Gasteiger partial charge in [-0.25, -0.2) is 9.97 Å². The first-order valence-corrected chi connectivity index (χ1v) is 5.53. The molecule has 4 N–H and O–H groups in total. The van der Waals surface area contributed by atoms with E-state index < -0.39 is 0 Å². The van der Waals surface area contributed by atoms with E-state index in [-0.39, 0.29) is 5.95 Å². The van der Waals surface area contributed by atoms with E-state index in [9.17, 15) is 0 Å². The van der Waals surface area contributed by atoms with Gasteiger partial charge in [-0.3, -0.25) is 0 Å². The van der Waals surface area contributed by atoms with E-state index in [1.54, 1.807) is 24.4 Å². The van der Waals surface area contributed by atoms with Gasteiger partial charge < -0.3 is 11.5 Å². The van der Waals surface area contributed by atoms with Gasteiger partial charge in [0.25, 0.3) is 0 Å². The van der Waals surface area contributed by atoms with Gasteiger partial charge in [0.1, 0.15) is 15.9 Å². The number of nitrogen functional groups attached to an aromatic ring is 2. The van der Waals surface area contributed by atoms with Crippen molar-refractivity contribution in [2.75, 3.05) is 11.5 Å². The molecule has 16 heavy (non-hydrogen) atoms. The predicted octanol–water partition coefficient (Wildman–Crippen LogP) is 1.84. The molecule has 2 aromatic rings. The normalized spacial score (nSPS) is 10.3. The Bertz CT molecular complexity index is 499. The number of hydrogen-bond acceptors (Lipinski definition) is 6. The minimum Gasteiger partial charge on any atom is -0.383 e. The van der Waals surface area contributed by atoms with Crippen LogP contribution in [0.3, 0.4) is 0 Å². The van der Waals surface area contributed by atoms with E-state index in [1.165, 1.54) is 11.8 Å². The van der Waals surface area contributed by atoms with Gasteiger partial charge >= 0.3 is 0 Å². The molecule has 0 atom stereocenters. The summed E-state index contributed by atoms with van der Waals surface area (Å²) in [6, 6.07) is 5.13. The number of nitrogens with zero attached hydrogens (tertiary/aromatic N) is 3. The van der Waals surface area contributed by atoms with Gasteiger partial charge in [0.15, 0.2) is 0 Å². The molecule has 0 bridgehead atoms. The van der Waals surface area contributed by atoms with Crippen LogP contribution >= 0.6 is 23.4 Å². The molecule has 0 radical (unpaired) electrons. The van der Waals surface area contributed by atoms with E-state index in [4.69, 9.17) is 23.1 Å². The van der Waals surface area contributed by atoms with Crippen LogP contribution in [0.1, 0.15) is 0 Å². The van der Waals surface area contributed by atoms with Crippen LogP contribution in [-0.2, 0) is 0 Å². The molecule has 2 aromatic heterocycles. The largest absolute Gasteiger partial charge is 0.383 e. The fraction of sp³-hybridized carbons (Fsp3) is 0. The number of aromatic nitrogens is 3. The molecule has 82 valence electrons. The van der Waals surface area contributed by atoms with Gasteiger partial charge in [0.2, 0.25) is 5.95 Å². The average molecular weight is 254 g/mol. The maximum atomic E-state index is 5.96. The van der Waals surface area contributed by atoms with Crippen LogP contribution in [0.25, 0.3) is 0 Å². The topological polar surface area (TPSA) is 90.7 Å². The summed E-state index contributed by atoms with van der Waals surface area (Å²) in [5.41, 5.74) is 11.0. The summed E-state index contributed by atoms with van der Waals surface area (Å²) < 4.78 is 0. The lowest BCUT2D eigenvalue weighted by atomic mass is 10.5. The number of halogens is 1. The lowest BCUT2D eigenvalue weighted by Crippen LogP contribution is -2.00. The minimum atomic E-state index is 0.134. The highest BCUT2D eigenvalue weighted by molar-refractivity contribution is 7.99. The molecule has 2 heterocycles. The summed E-state index contributed by atoms with van der Waals surface area (Å²) in [5.74, 6) is 0.455. The number of hydrogen-bond donors (Lipinski definition) is 2. The van der Waals surface area contributed by atoms with Gasteiger partial charge in [0, 0.05) is 12.3 Å². The van der Waals surface area contributed by atoms with Crippen LogP contribution in [0.2, 0.25) is 5.02 Å². The van der Waals surface area contributed by atoms with Gasteiger partial charge in [-0.1, -0.05) is 11.6 Å². The molecule has 0 unspecified atom stereocenters. The maximum absolute atomic E-state index is 5.96. The number of rotatable bonds is 2. The molecule has 0 aliphatic carbocycles. The summed E-state index contributed by atoms with van der Waals surface area (Å²) in [7, 11) is 0. The highest BCUT2D eigenvalue weighted by atomic mass is 35.5. The second-order valence-corrected chi connectivity index (χ2v) is 4.30. The van der Waals surface area contributed by atoms with Crippen molar-refractivity contribution in [3.8, 4) is 0 Å². The van der Waals surface area contributed by atoms with Gasteiger partial charge in [-0.2, -0.15) is 4.98 Å². The molecule has 0 aliphatic heterocycles. The standard InChI is InChI=1S/C9H8ClN5S/c10-5-2-1-3-13-8(5)16-7-4-6(11)14-9(12)15-7/h1-4H,(H4,11,12,14,15). The van der Waals surface area contributed by atoms with E-state index in [2.05, 4.69) is 15.0 Å². The van der Waals surface area contributed by atoms with Gasteiger partial charge in [-0.15, -0.1) is 0 Å². The van der Waals surface area contributed by atoms with Gasteiger partial charge in [0.05, 0.1) is 5.02 Å². The molecule has 0 spiro atoms. The SMILES string of the molecule is Nc1cc(Sc2ncccc2Cl)nc(N)n1. The first-order valence-electron chi connectivity index (χ1n) is 4.33. The second kappa shape index (κ2) is 4.54. The van der Waals surface area contributed by atoms with Crippen molar-refractivity contribution in [2.45, 2.75) is 10.1 Å². The van der Waals surface area contributed by atoms with Crippen LogP contribution in [0.15, 0.2) is 34.4 Å². The lowest BCUT2D eigenvalue weighted by molar-refractivity contribution is 1.06. The highest BCUT2D eigenvalue weighted by Crippen LogP contribution is 2.30. The molecule has 5 nitrogen and oxygen atoms in total. The fourth-order valence-corrected chi connectivity index (χ4v) is 2.09. The van der Waals surface area contributed by atoms with E-state index >= 15 is 0 Å². The Balaban J connectivity index is 2.30. The fourth-order valence-electron chi connectivity index (χ4n) is 1.06. The van der Waals surface area contributed by atoms with Crippen molar-refractivity contribution in [1.29, 1.82) is 0 Å². The molecule has 2 rings (SSSR count). The Hall–Kier alpha value is -1.53. The zero-order chi connectivity index (χ0) is 11.5. The summed E-state index contributed by atoms with van der Waals surface area (Å²) in [6.07, 6.45) is 1.65. The average Bonchev–Trinajstić information content (AvgIpc) is 2.20. The molecule has 0 aromatic carbocycles. The van der Waals surface area contributed by atoms with Crippen LogP contribution in [-0.4, -0.2) is 15.0 Å². The second-order valence-electron chi connectivity index (χ2n) is 2.88. The third kappa shape index (κ3) is 2.53. The molecule has 0 saturated heterocycles. The number of anilines is 2. The summed E-state index contributed by atoms with van der Waals surface area (Å²) >= 11 is 7.25. The molecule has 0 amide bonds. The molecule has 0 fully saturated rings. The molecular formula is C9H8ClN5S. The lowest BCUT2D eigenvalue weighted by Gasteiger charge is -2.03. The van der Waals surface area contributed by atoms with Crippen molar-refractivity contribution in [2.24, 2.45) is 0 Å². The van der Waals surface area contributed by atoms with Crippen LogP contribution in [0.5, 0.6) is 0 Å². The molecular weight excluding hydrogens is 246 g/mol. The van der Waals surface area contributed by atoms with Crippen molar-refractivity contribution >= 4 is 35.1 Å². The zero-order valence-electron chi connectivity index (χ0n) is 8.09.